The summed E-state index contributed by atoms with van der Waals surface area (Å²) >= 11 is 1.27. The molecule has 0 aromatic heterocycles. The number of hydrogen-bond donors (Lipinski definition) is 3. The van der Waals surface area contributed by atoms with Crippen molar-refractivity contribution in [2.45, 2.75) is 13.0 Å². The van der Waals surface area contributed by atoms with Crippen molar-refractivity contribution in [3.05, 3.63) is 23.8 Å². The number of nitrogens with one attached hydrogen (secondary N) is 1. The minimum Gasteiger partial charge on any atom is -0.495 e. The molecule has 0 bridgehead atoms. The molecule has 1 atom stereocenters. The van der Waals surface area contributed by atoms with Crippen LogP contribution in [0.2, 0.25) is 0 Å². The third-order valence-corrected chi connectivity index (χ3v) is 3.47. The zero-order valence-electron chi connectivity index (χ0n) is 11.0. The van der Waals surface area contributed by atoms with Crippen LogP contribution >= 0.6 is 11.8 Å². The molecule has 19 heavy (non-hydrogen) atoms. The molecule has 1 amide bonds. The first kappa shape index (κ1) is 15.8. The molecular weight excluding hydrogens is 266 g/mol. The molecule has 0 heterocycles. The van der Waals surface area contributed by atoms with Crippen molar-refractivity contribution in [2.75, 3.05) is 30.5 Å². The van der Waals surface area contributed by atoms with Crippen LogP contribution in [0.15, 0.2) is 18.2 Å². The Morgan fingerprint density at radius 1 is 1.53 bits per heavy atom. The smallest absolute Gasteiger partial charge is 0.234 e. The molecule has 1 unspecified atom stereocenters. The molecular formula is C13H19NO4S. The van der Waals surface area contributed by atoms with E-state index in [1.54, 1.807) is 13.2 Å². The Kier molecular flexibility index (Phi) is 6.69. The van der Waals surface area contributed by atoms with E-state index in [1.165, 1.54) is 11.8 Å². The second-order valence-corrected chi connectivity index (χ2v) is 5.13. The first-order valence-corrected chi connectivity index (χ1v) is 7.03. The number of carbonyl (C=O) groups excluding carboxylic acids is 1. The fourth-order valence-corrected chi connectivity index (χ4v) is 2.20. The number of rotatable bonds is 7. The Morgan fingerprint density at radius 3 is 2.89 bits per heavy atom. The molecule has 106 valence electrons. The molecule has 1 aromatic rings. The lowest BCUT2D eigenvalue weighted by molar-refractivity contribution is -0.113. The third-order valence-electron chi connectivity index (χ3n) is 2.38. The first-order valence-electron chi connectivity index (χ1n) is 5.88. The fraction of sp³-hybridized carbons (Fsp3) is 0.462. The molecule has 0 aliphatic carbocycles. The zero-order chi connectivity index (χ0) is 14.3. The number of carbonyl (C=O) groups is 1. The monoisotopic (exact) mass is 285 g/mol. The van der Waals surface area contributed by atoms with Gasteiger partial charge in [0.15, 0.2) is 0 Å². The standard InChI is InChI=1S/C13H19NO4S/c1-9-3-4-12(18-2)11(5-9)14-13(17)8-19-7-10(16)6-15/h3-5,10,15-16H,6-8H2,1-2H3,(H,14,17). The average molecular weight is 285 g/mol. The van der Waals surface area contributed by atoms with Gasteiger partial charge in [-0.05, 0) is 24.6 Å². The number of aliphatic hydroxyl groups is 2. The van der Waals surface area contributed by atoms with Crippen molar-refractivity contribution < 1.29 is 19.7 Å². The zero-order valence-corrected chi connectivity index (χ0v) is 11.9. The highest BCUT2D eigenvalue weighted by atomic mass is 32.2. The highest BCUT2D eigenvalue weighted by Gasteiger charge is 2.09. The summed E-state index contributed by atoms with van der Waals surface area (Å²) < 4.78 is 5.17. The molecule has 0 saturated carbocycles. The summed E-state index contributed by atoms with van der Waals surface area (Å²) in [6.45, 7) is 1.64. The number of thioether (sulfide) groups is 1. The summed E-state index contributed by atoms with van der Waals surface area (Å²) in [5.41, 5.74) is 1.66. The quantitative estimate of drug-likeness (QED) is 0.697. The molecule has 3 N–H and O–H groups in total. The Hall–Kier alpha value is -1.24. The number of anilines is 1. The molecule has 1 aromatic carbocycles. The number of hydrogen-bond acceptors (Lipinski definition) is 5. The van der Waals surface area contributed by atoms with E-state index in [0.29, 0.717) is 17.2 Å². The fourth-order valence-electron chi connectivity index (χ4n) is 1.45. The van der Waals surface area contributed by atoms with E-state index < -0.39 is 6.10 Å². The van der Waals surface area contributed by atoms with Crippen molar-refractivity contribution in [3.8, 4) is 5.75 Å². The highest BCUT2D eigenvalue weighted by Crippen LogP contribution is 2.25. The van der Waals surface area contributed by atoms with Gasteiger partial charge in [-0.2, -0.15) is 0 Å². The van der Waals surface area contributed by atoms with Gasteiger partial charge in [0.2, 0.25) is 5.91 Å². The Bertz CT molecular complexity index is 425. The van der Waals surface area contributed by atoms with Gasteiger partial charge < -0.3 is 20.3 Å². The van der Waals surface area contributed by atoms with Gasteiger partial charge in [0.05, 0.1) is 31.3 Å². The maximum atomic E-state index is 11.7. The van der Waals surface area contributed by atoms with Gasteiger partial charge >= 0.3 is 0 Å². The second-order valence-electron chi connectivity index (χ2n) is 4.10. The van der Waals surface area contributed by atoms with Gasteiger partial charge in [0.25, 0.3) is 0 Å². The van der Waals surface area contributed by atoms with Crippen LogP contribution in [-0.2, 0) is 4.79 Å². The van der Waals surface area contributed by atoms with Crippen LogP contribution in [0.4, 0.5) is 5.69 Å². The lowest BCUT2D eigenvalue weighted by Gasteiger charge is -2.11. The predicted octanol–water partition coefficient (Wildman–Crippen LogP) is 1.03. The molecule has 0 spiro atoms. The number of aryl methyl sites for hydroxylation is 1. The molecule has 0 fully saturated rings. The lowest BCUT2D eigenvalue weighted by atomic mass is 10.2. The Balaban J connectivity index is 2.50. The minimum absolute atomic E-state index is 0.168. The summed E-state index contributed by atoms with van der Waals surface area (Å²) in [4.78, 5) is 11.7. The van der Waals surface area contributed by atoms with Crippen molar-refractivity contribution >= 4 is 23.4 Å². The van der Waals surface area contributed by atoms with Crippen LogP contribution in [0.3, 0.4) is 0 Å². The second kappa shape index (κ2) is 8.04. The summed E-state index contributed by atoms with van der Waals surface area (Å²) in [5.74, 6) is 0.988. The van der Waals surface area contributed by atoms with Gasteiger partial charge in [0.1, 0.15) is 5.75 Å². The van der Waals surface area contributed by atoms with Crippen LogP contribution in [0.5, 0.6) is 5.75 Å². The molecule has 6 heteroatoms. The van der Waals surface area contributed by atoms with Gasteiger partial charge in [-0.1, -0.05) is 6.07 Å². The van der Waals surface area contributed by atoms with Crippen LogP contribution in [0.1, 0.15) is 5.56 Å². The number of aliphatic hydroxyl groups excluding tert-OH is 2. The minimum atomic E-state index is -0.786. The van der Waals surface area contributed by atoms with Gasteiger partial charge in [-0.15, -0.1) is 11.8 Å². The number of benzene rings is 1. The topological polar surface area (TPSA) is 78.8 Å². The van der Waals surface area contributed by atoms with E-state index >= 15 is 0 Å². The third kappa shape index (κ3) is 5.50. The molecule has 0 saturated heterocycles. The van der Waals surface area contributed by atoms with Crippen LogP contribution in [-0.4, -0.2) is 47.4 Å². The number of ether oxygens (including phenoxy) is 1. The van der Waals surface area contributed by atoms with E-state index in [1.807, 2.05) is 19.1 Å². The van der Waals surface area contributed by atoms with Crippen molar-refractivity contribution in [2.24, 2.45) is 0 Å². The molecule has 5 nitrogen and oxygen atoms in total. The van der Waals surface area contributed by atoms with E-state index in [4.69, 9.17) is 14.9 Å². The Labute approximate surface area is 117 Å². The lowest BCUT2D eigenvalue weighted by Crippen LogP contribution is -2.19. The van der Waals surface area contributed by atoms with E-state index in [9.17, 15) is 4.79 Å². The maximum absolute atomic E-state index is 11.7. The van der Waals surface area contributed by atoms with Gasteiger partial charge in [-0.3, -0.25) is 4.79 Å². The number of methoxy groups -OCH3 is 1. The van der Waals surface area contributed by atoms with E-state index in [2.05, 4.69) is 5.32 Å². The summed E-state index contributed by atoms with van der Waals surface area (Å²) in [5, 5.41) is 20.6. The van der Waals surface area contributed by atoms with E-state index in [-0.39, 0.29) is 18.3 Å². The van der Waals surface area contributed by atoms with Crippen molar-refractivity contribution in [3.63, 3.8) is 0 Å². The van der Waals surface area contributed by atoms with Crippen LogP contribution in [0, 0.1) is 6.92 Å². The van der Waals surface area contributed by atoms with Crippen molar-refractivity contribution in [1.29, 1.82) is 0 Å². The Morgan fingerprint density at radius 2 is 2.26 bits per heavy atom. The van der Waals surface area contributed by atoms with Gasteiger partial charge in [0, 0.05) is 5.75 Å². The molecule has 0 aliphatic rings. The normalized spacial score (nSPS) is 12.0. The molecule has 0 radical (unpaired) electrons. The summed E-state index contributed by atoms with van der Waals surface area (Å²) in [6.07, 6.45) is -0.786. The van der Waals surface area contributed by atoms with Crippen LogP contribution in [0.25, 0.3) is 0 Å². The molecule has 1 rings (SSSR count). The van der Waals surface area contributed by atoms with Crippen LogP contribution < -0.4 is 10.1 Å². The highest BCUT2D eigenvalue weighted by molar-refractivity contribution is 8.00. The van der Waals surface area contributed by atoms with E-state index in [0.717, 1.165) is 5.56 Å². The first-order chi connectivity index (χ1) is 9.06. The largest absolute Gasteiger partial charge is 0.495 e. The average Bonchev–Trinajstić information content (AvgIpc) is 2.38. The van der Waals surface area contributed by atoms with Gasteiger partial charge in [-0.25, -0.2) is 0 Å². The van der Waals surface area contributed by atoms with Crippen molar-refractivity contribution in [1.82, 2.24) is 0 Å². The summed E-state index contributed by atoms with van der Waals surface area (Å²) in [6, 6.07) is 5.54. The predicted molar refractivity (Wildman–Crippen MR) is 76.8 cm³/mol. The maximum Gasteiger partial charge on any atom is 0.234 e. The number of amides is 1. The molecule has 0 aliphatic heterocycles. The SMILES string of the molecule is COc1ccc(C)cc1NC(=O)CSCC(O)CO. The summed E-state index contributed by atoms with van der Waals surface area (Å²) in [7, 11) is 1.55.